The van der Waals surface area contributed by atoms with Crippen molar-refractivity contribution < 1.29 is 0 Å². The van der Waals surface area contributed by atoms with E-state index in [0.717, 1.165) is 37.2 Å². The summed E-state index contributed by atoms with van der Waals surface area (Å²) in [5, 5.41) is 7.77. The summed E-state index contributed by atoms with van der Waals surface area (Å²) in [6.45, 7) is 3.03. The molecule has 0 bridgehead atoms. The van der Waals surface area contributed by atoms with Crippen molar-refractivity contribution in [3.63, 3.8) is 0 Å². The maximum atomic E-state index is 5.18. The second-order valence-corrected chi connectivity index (χ2v) is 11.9. The molecule has 1 aliphatic carbocycles. The third-order valence-electron chi connectivity index (χ3n) is 9.27. The average Bonchev–Trinajstić information content (AvgIpc) is 3.11. The monoisotopic (exact) mass is 566 g/mol. The Morgan fingerprint density at radius 2 is 1.20 bits per heavy atom. The van der Waals surface area contributed by atoms with Gasteiger partial charge in [-0.2, -0.15) is 0 Å². The van der Waals surface area contributed by atoms with Crippen molar-refractivity contribution in [1.29, 1.82) is 0 Å². The van der Waals surface area contributed by atoms with Crippen LogP contribution in [0.15, 0.2) is 149 Å². The topological polar surface area (TPSA) is 24.7 Å². The second-order valence-electron chi connectivity index (χ2n) is 11.9. The minimum absolute atomic E-state index is 0.373. The number of nitrogens with zero attached hydrogens (tertiary/aromatic N) is 2. The standard InChI is InChI=1S/C42H34N2/c1-2-28-27-43-42(44-41(28)29-13-4-3-5-14-29)32-16-12-15-30(25-32)33-17-6-7-18-34(33)31-23-24-39-37-21-9-8-19-35(37)36-20-10-11-22-38(36)40(39)26-31/h4,6-26,28H,2-3,5,27H2,1H3. The number of fused-ring (bicyclic) bond motifs is 6. The zero-order valence-electron chi connectivity index (χ0n) is 25.0. The summed E-state index contributed by atoms with van der Waals surface area (Å²) in [5.74, 6) is 1.21. The van der Waals surface area contributed by atoms with E-state index in [-0.39, 0.29) is 0 Å². The van der Waals surface area contributed by atoms with E-state index >= 15 is 0 Å². The molecule has 0 saturated heterocycles. The molecule has 212 valence electrons. The van der Waals surface area contributed by atoms with Gasteiger partial charge in [-0.1, -0.05) is 128 Å². The lowest BCUT2D eigenvalue weighted by atomic mass is 9.89. The van der Waals surface area contributed by atoms with E-state index in [0.29, 0.717) is 5.92 Å². The summed E-state index contributed by atoms with van der Waals surface area (Å²) in [6, 6.07) is 42.0. The largest absolute Gasteiger partial charge is 0.266 e. The van der Waals surface area contributed by atoms with E-state index in [1.807, 2.05) is 0 Å². The Balaban J connectivity index is 1.23. The van der Waals surface area contributed by atoms with Crippen molar-refractivity contribution >= 4 is 43.9 Å². The van der Waals surface area contributed by atoms with Crippen LogP contribution in [0.5, 0.6) is 0 Å². The summed E-state index contributed by atoms with van der Waals surface area (Å²) >= 11 is 0. The van der Waals surface area contributed by atoms with Crippen LogP contribution in [0.1, 0.15) is 31.7 Å². The smallest absolute Gasteiger partial charge is 0.154 e. The van der Waals surface area contributed by atoms with Crippen molar-refractivity contribution in [1.82, 2.24) is 0 Å². The van der Waals surface area contributed by atoms with Gasteiger partial charge in [0, 0.05) is 18.0 Å². The third kappa shape index (κ3) is 4.59. The van der Waals surface area contributed by atoms with Crippen LogP contribution in [0.3, 0.4) is 0 Å². The zero-order valence-corrected chi connectivity index (χ0v) is 25.0. The summed E-state index contributed by atoms with van der Waals surface area (Å²) in [6.07, 6.45) is 10.1. The molecule has 0 N–H and O–H groups in total. The van der Waals surface area contributed by atoms with Gasteiger partial charge in [0.1, 0.15) is 0 Å². The van der Waals surface area contributed by atoms with E-state index < -0.39 is 0 Å². The number of allylic oxidation sites excluding steroid dienone is 4. The molecule has 1 heterocycles. The minimum Gasteiger partial charge on any atom is -0.266 e. The summed E-state index contributed by atoms with van der Waals surface area (Å²) < 4.78 is 0. The van der Waals surface area contributed by atoms with Gasteiger partial charge in [0.25, 0.3) is 0 Å². The number of hydrogen-bond acceptors (Lipinski definition) is 2. The van der Waals surface area contributed by atoms with Gasteiger partial charge in [0.2, 0.25) is 0 Å². The molecule has 0 spiro atoms. The Bertz CT molecular complexity index is 2160. The molecular weight excluding hydrogens is 532 g/mol. The Morgan fingerprint density at radius 3 is 1.86 bits per heavy atom. The van der Waals surface area contributed by atoms with E-state index in [9.17, 15) is 0 Å². The maximum Gasteiger partial charge on any atom is 0.154 e. The van der Waals surface area contributed by atoms with Crippen LogP contribution in [0.4, 0.5) is 0 Å². The molecule has 1 atom stereocenters. The molecule has 2 heteroatoms. The second kappa shape index (κ2) is 11.2. The summed E-state index contributed by atoms with van der Waals surface area (Å²) in [7, 11) is 0. The van der Waals surface area contributed by atoms with Crippen LogP contribution in [0, 0.1) is 5.92 Å². The first-order valence-corrected chi connectivity index (χ1v) is 15.8. The average molecular weight is 567 g/mol. The maximum absolute atomic E-state index is 5.18. The lowest BCUT2D eigenvalue weighted by Gasteiger charge is -2.23. The molecule has 2 nitrogen and oxygen atoms in total. The predicted octanol–water partition coefficient (Wildman–Crippen LogP) is 11.0. The molecule has 0 aromatic heterocycles. The number of benzene rings is 6. The zero-order chi connectivity index (χ0) is 29.5. The lowest BCUT2D eigenvalue weighted by molar-refractivity contribution is 0.670. The van der Waals surface area contributed by atoms with E-state index in [2.05, 4.69) is 140 Å². The molecule has 2 aliphatic rings. The first kappa shape index (κ1) is 26.5. The van der Waals surface area contributed by atoms with E-state index in [1.165, 1.54) is 65.9 Å². The first-order valence-electron chi connectivity index (χ1n) is 15.8. The van der Waals surface area contributed by atoms with Crippen molar-refractivity contribution in [3.05, 3.63) is 145 Å². The third-order valence-corrected chi connectivity index (χ3v) is 9.27. The Morgan fingerprint density at radius 1 is 0.591 bits per heavy atom. The molecule has 8 rings (SSSR count). The Labute approximate surface area is 258 Å². The molecule has 0 fully saturated rings. The van der Waals surface area contributed by atoms with Gasteiger partial charge in [-0.3, -0.25) is 4.99 Å². The lowest BCUT2D eigenvalue weighted by Crippen LogP contribution is -2.25. The minimum atomic E-state index is 0.373. The van der Waals surface area contributed by atoms with Gasteiger partial charge in [0.15, 0.2) is 5.84 Å². The van der Waals surface area contributed by atoms with Crippen LogP contribution in [0.25, 0.3) is 54.6 Å². The van der Waals surface area contributed by atoms with Crippen LogP contribution >= 0.6 is 0 Å². The van der Waals surface area contributed by atoms with Gasteiger partial charge in [-0.15, -0.1) is 0 Å². The van der Waals surface area contributed by atoms with Crippen molar-refractivity contribution in [2.75, 3.05) is 6.54 Å². The van der Waals surface area contributed by atoms with Crippen LogP contribution in [0.2, 0.25) is 0 Å². The van der Waals surface area contributed by atoms with Gasteiger partial charge < -0.3 is 0 Å². The quantitative estimate of drug-likeness (QED) is 0.185. The van der Waals surface area contributed by atoms with Crippen molar-refractivity contribution in [2.24, 2.45) is 15.9 Å². The highest BCUT2D eigenvalue weighted by molar-refractivity contribution is 6.25. The van der Waals surface area contributed by atoms with Crippen molar-refractivity contribution in [2.45, 2.75) is 26.2 Å². The Hall–Kier alpha value is -5.08. The predicted molar refractivity (Wildman–Crippen MR) is 189 cm³/mol. The first-order chi connectivity index (χ1) is 21.8. The number of hydrogen-bond donors (Lipinski definition) is 0. The molecule has 0 amide bonds. The van der Waals surface area contributed by atoms with Gasteiger partial charge in [-0.25, -0.2) is 4.99 Å². The van der Waals surface area contributed by atoms with Crippen LogP contribution in [-0.2, 0) is 0 Å². The molecular formula is C42H34N2. The highest BCUT2D eigenvalue weighted by Crippen LogP contribution is 2.39. The SMILES string of the molecule is CCC1CN=C(c2cccc(-c3ccccc3-c3ccc4c5ccccc5c5ccccc5c4c3)c2)N=C1C1=CCCC=C1. The van der Waals surface area contributed by atoms with Crippen LogP contribution in [-0.4, -0.2) is 18.1 Å². The van der Waals surface area contributed by atoms with E-state index in [4.69, 9.17) is 9.98 Å². The fourth-order valence-corrected chi connectivity index (χ4v) is 6.99. The van der Waals surface area contributed by atoms with Gasteiger partial charge in [0.05, 0.1) is 5.71 Å². The highest BCUT2D eigenvalue weighted by Gasteiger charge is 2.23. The molecule has 1 unspecified atom stereocenters. The highest BCUT2D eigenvalue weighted by atomic mass is 15.0. The summed E-state index contributed by atoms with van der Waals surface area (Å²) in [5.41, 5.74) is 8.36. The normalized spacial score (nSPS) is 16.7. The fourth-order valence-electron chi connectivity index (χ4n) is 6.99. The molecule has 0 radical (unpaired) electrons. The molecule has 6 aromatic rings. The number of aliphatic imine (C=N–C) groups is 2. The van der Waals surface area contributed by atoms with Gasteiger partial charge >= 0.3 is 0 Å². The number of amidine groups is 1. The molecule has 0 saturated carbocycles. The van der Waals surface area contributed by atoms with Crippen molar-refractivity contribution in [3.8, 4) is 22.3 Å². The fraction of sp³-hybridized carbons (Fsp3) is 0.143. The molecule has 1 aliphatic heterocycles. The Kier molecular flexibility index (Phi) is 6.76. The van der Waals surface area contributed by atoms with Crippen LogP contribution < -0.4 is 0 Å². The number of rotatable bonds is 5. The van der Waals surface area contributed by atoms with Gasteiger partial charge in [-0.05, 0) is 91.5 Å². The molecule has 6 aromatic carbocycles. The molecule has 44 heavy (non-hydrogen) atoms. The summed E-state index contributed by atoms with van der Waals surface area (Å²) in [4.78, 5) is 10.2. The van der Waals surface area contributed by atoms with E-state index in [1.54, 1.807) is 0 Å².